The number of ketones is 1. The highest BCUT2D eigenvalue weighted by atomic mass is 16.1. The molecule has 0 atom stereocenters. The molecule has 1 aliphatic rings. The molecule has 0 N–H and O–H groups in total. The lowest BCUT2D eigenvalue weighted by Gasteiger charge is -2.01. The monoisotopic (exact) mass is 134 g/mol. The molecule has 0 unspecified atom stereocenters. The van der Waals surface area contributed by atoms with Gasteiger partial charge < -0.3 is 0 Å². The number of hydrogen-bond donors (Lipinski definition) is 0. The van der Waals surface area contributed by atoms with E-state index >= 15 is 0 Å². The van der Waals surface area contributed by atoms with Crippen molar-refractivity contribution in [2.24, 2.45) is 0 Å². The molecule has 1 nitrogen and oxygen atoms in total. The normalized spacial score (nSPS) is 16.8. The second-order valence-corrected chi connectivity index (χ2v) is 2.28. The molecule has 0 fully saturated rings. The van der Waals surface area contributed by atoms with Crippen molar-refractivity contribution < 1.29 is 4.79 Å². The Balaban J connectivity index is 2.58. The Morgan fingerprint density at radius 3 is 2.90 bits per heavy atom. The summed E-state index contributed by atoms with van der Waals surface area (Å²) in [6.07, 6.45) is 8.69. The summed E-state index contributed by atoms with van der Waals surface area (Å²) in [7, 11) is 0. The molecule has 0 heterocycles. The van der Waals surface area contributed by atoms with E-state index in [1.807, 2.05) is 18.2 Å². The van der Waals surface area contributed by atoms with Crippen molar-refractivity contribution >= 4 is 5.78 Å². The van der Waals surface area contributed by atoms with E-state index in [1.54, 1.807) is 6.08 Å². The van der Waals surface area contributed by atoms with Gasteiger partial charge in [-0.15, -0.1) is 6.58 Å². The van der Waals surface area contributed by atoms with E-state index in [2.05, 4.69) is 6.58 Å². The largest absolute Gasteiger partial charge is 0.295 e. The van der Waals surface area contributed by atoms with Gasteiger partial charge in [-0.1, -0.05) is 18.2 Å². The molecule has 0 aromatic carbocycles. The van der Waals surface area contributed by atoms with Crippen molar-refractivity contribution in [1.29, 1.82) is 0 Å². The second-order valence-electron chi connectivity index (χ2n) is 2.28. The van der Waals surface area contributed by atoms with Crippen molar-refractivity contribution in [1.82, 2.24) is 0 Å². The number of hydrogen-bond acceptors (Lipinski definition) is 1. The maximum absolute atomic E-state index is 10.7. The minimum atomic E-state index is 0.188. The highest BCUT2D eigenvalue weighted by molar-refractivity contribution is 5.92. The van der Waals surface area contributed by atoms with Gasteiger partial charge in [-0.2, -0.15) is 0 Å². The SMILES string of the molecule is C=CCC1=CCC(=O)C=C1. The third-order valence-corrected chi connectivity index (χ3v) is 1.43. The predicted molar refractivity (Wildman–Crippen MR) is 41.7 cm³/mol. The average molecular weight is 134 g/mol. The highest BCUT2D eigenvalue weighted by Crippen LogP contribution is 2.10. The van der Waals surface area contributed by atoms with Gasteiger partial charge in [0, 0.05) is 6.42 Å². The third-order valence-electron chi connectivity index (χ3n) is 1.43. The standard InChI is InChI=1S/C9H10O/c1-2-3-8-4-6-9(10)7-5-8/h2,4-6H,1,3,7H2. The molecule has 0 aliphatic heterocycles. The Hall–Kier alpha value is -1.11. The van der Waals surface area contributed by atoms with E-state index in [1.165, 1.54) is 5.57 Å². The first-order chi connectivity index (χ1) is 4.83. The summed E-state index contributed by atoms with van der Waals surface area (Å²) in [6, 6.07) is 0. The van der Waals surface area contributed by atoms with Crippen LogP contribution in [0.4, 0.5) is 0 Å². The molecule has 1 rings (SSSR count). The average Bonchev–Trinajstić information content (AvgIpc) is 1.95. The van der Waals surface area contributed by atoms with Gasteiger partial charge in [-0.05, 0) is 18.1 Å². The number of carbonyl (C=O) groups is 1. The van der Waals surface area contributed by atoms with Gasteiger partial charge in [-0.3, -0.25) is 4.79 Å². The van der Waals surface area contributed by atoms with Gasteiger partial charge in [-0.25, -0.2) is 0 Å². The van der Waals surface area contributed by atoms with Gasteiger partial charge >= 0.3 is 0 Å². The summed E-state index contributed by atoms with van der Waals surface area (Å²) >= 11 is 0. The molecule has 52 valence electrons. The fraction of sp³-hybridized carbons (Fsp3) is 0.222. The minimum Gasteiger partial charge on any atom is -0.295 e. The topological polar surface area (TPSA) is 17.1 Å². The van der Waals surface area contributed by atoms with Crippen LogP contribution in [-0.4, -0.2) is 5.78 Å². The van der Waals surface area contributed by atoms with Crippen LogP contribution in [0.5, 0.6) is 0 Å². The summed E-state index contributed by atoms with van der Waals surface area (Å²) in [4.78, 5) is 10.7. The Morgan fingerprint density at radius 2 is 2.40 bits per heavy atom. The fourth-order valence-corrected chi connectivity index (χ4v) is 0.886. The smallest absolute Gasteiger partial charge is 0.159 e. The van der Waals surface area contributed by atoms with E-state index < -0.39 is 0 Å². The third kappa shape index (κ3) is 1.69. The van der Waals surface area contributed by atoms with Crippen LogP contribution in [0.3, 0.4) is 0 Å². The Labute approximate surface area is 60.7 Å². The predicted octanol–water partition coefficient (Wildman–Crippen LogP) is 2.02. The van der Waals surface area contributed by atoms with Crippen LogP contribution in [-0.2, 0) is 4.79 Å². The summed E-state index contributed by atoms with van der Waals surface area (Å²) in [5.41, 5.74) is 1.19. The van der Waals surface area contributed by atoms with Crippen molar-refractivity contribution in [2.45, 2.75) is 12.8 Å². The van der Waals surface area contributed by atoms with Crippen LogP contribution >= 0.6 is 0 Å². The molecule has 0 radical (unpaired) electrons. The zero-order chi connectivity index (χ0) is 7.40. The van der Waals surface area contributed by atoms with Gasteiger partial charge in [0.05, 0.1) is 0 Å². The molecule has 1 aliphatic carbocycles. The summed E-state index contributed by atoms with van der Waals surface area (Å²) in [5, 5.41) is 0. The van der Waals surface area contributed by atoms with Crippen LogP contribution in [0.2, 0.25) is 0 Å². The van der Waals surface area contributed by atoms with Crippen molar-refractivity contribution in [3.8, 4) is 0 Å². The lowest BCUT2D eigenvalue weighted by atomic mass is 10.0. The first kappa shape index (κ1) is 7.00. The van der Waals surface area contributed by atoms with E-state index in [-0.39, 0.29) is 5.78 Å². The van der Waals surface area contributed by atoms with Gasteiger partial charge in [0.25, 0.3) is 0 Å². The van der Waals surface area contributed by atoms with Crippen LogP contribution in [0.1, 0.15) is 12.8 Å². The summed E-state index contributed by atoms with van der Waals surface area (Å²) in [6.45, 7) is 3.61. The molecule has 1 heteroatoms. The molecule has 0 spiro atoms. The Kier molecular flexibility index (Phi) is 2.21. The number of carbonyl (C=O) groups excluding carboxylic acids is 1. The van der Waals surface area contributed by atoms with Gasteiger partial charge in [0.1, 0.15) is 0 Å². The molecule has 0 bridgehead atoms. The minimum absolute atomic E-state index is 0.188. The van der Waals surface area contributed by atoms with Crippen LogP contribution in [0.25, 0.3) is 0 Å². The summed E-state index contributed by atoms with van der Waals surface area (Å²) < 4.78 is 0. The lowest BCUT2D eigenvalue weighted by Crippen LogP contribution is -1.95. The molecular weight excluding hydrogens is 124 g/mol. The fourth-order valence-electron chi connectivity index (χ4n) is 0.886. The number of rotatable bonds is 2. The van der Waals surface area contributed by atoms with Gasteiger partial charge in [0.2, 0.25) is 0 Å². The van der Waals surface area contributed by atoms with E-state index in [0.717, 1.165) is 6.42 Å². The molecule has 0 saturated carbocycles. The first-order valence-corrected chi connectivity index (χ1v) is 3.34. The molecular formula is C9H10O. The van der Waals surface area contributed by atoms with E-state index in [0.29, 0.717) is 6.42 Å². The molecule has 0 aromatic rings. The van der Waals surface area contributed by atoms with Crippen LogP contribution in [0, 0.1) is 0 Å². The van der Waals surface area contributed by atoms with Crippen molar-refractivity contribution in [3.63, 3.8) is 0 Å². The van der Waals surface area contributed by atoms with Crippen LogP contribution in [0.15, 0.2) is 36.5 Å². The molecule has 0 amide bonds. The Bertz CT molecular complexity index is 209. The maximum atomic E-state index is 10.7. The molecule has 10 heavy (non-hydrogen) atoms. The maximum Gasteiger partial charge on any atom is 0.159 e. The highest BCUT2D eigenvalue weighted by Gasteiger charge is 2.00. The van der Waals surface area contributed by atoms with E-state index in [4.69, 9.17) is 0 Å². The zero-order valence-corrected chi connectivity index (χ0v) is 5.84. The lowest BCUT2D eigenvalue weighted by molar-refractivity contribution is -0.113. The van der Waals surface area contributed by atoms with Crippen molar-refractivity contribution in [3.05, 3.63) is 36.5 Å². The van der Waals surface area contributed by atoms with Crippen LogP contribution < -0.4 is 0 Å². The number of allylic oxidation sites excluding steroid dienone is 5. The first-order valence-electron chi connectivity index (χ1n) is 3.34. The van der Waals surface area contributed by atoms with E-state index in [9.17, 15) is 4.79 Å². The second kappa shape index (κ2) is 3.16. The quantitative estimate of drug-likeness (QED) is 0.528. The Morgan fingerprint density at radius 1 is 1.60 bits per heavy atom. The molecule has 0 aromatic heterocycles. The van der Waals surface area contributed by atoms with Crippen molar-refractivity contribution in [2.75, 3.05) is 0 Å². The van der Waals surface area contributed by atoms with Gasteiger partial charge in [0.15, 0.2) is 5.78 Å². The summed E-state index contributed by atoms with van der Waals surface area (Å²) in [5.74, 6) is 0.188. The zero-order valence-electron chi connectivity index (χ0n) is 5.84. The molecule has 0 saturated heterocycles.